The number of ether oxygens (including phenoxy) is 1. The van der Waals surface area contributed by atoms with E-state index in [0.29, 0.717) is 0 Å². The van der Waals surface area contributed by atoms with E-state index in [1.54, 1.807) is 0 Å². The largest absolute Gasteiger partial charge is 0.480 e. The number of β-lactam (4-membered cyclic amide) rings is 1. The Morgan fingerprint density at radius 3 is 2.72 bits per heavy atom. The Kier molecular flexibility index (Phi) is 4.99. The number of aliphatic carboxylic acids is 1. The van der Waals surface area contributed by atoms with E-state index in [1.807, 2.05) is 0 Å². The second-order valence-corrected chi connectivity index (χ2v) is 9.60. The van der Waals surface area contributed by atoms with E-state index < -0.39 is 43.8 Å². The molecule has 0 unspecified atom stereocenters. The van der Waals surface area contributed by atoms with Crippen molar-refractivity contribution < 1.29 is 32.6 Å². The van der Waals surface area contributed by atoms with Crippen LogP contribution < -0.4 is 0 Å². The van der Waals surface area contributed by atoms with Gasteiger partial charge < -0.3 is 14.7 Å². The molecule has 2 saturated heterocycles. The van der Waals surface area contributed by atoms with Crippen molar-refractivity contribution in [1.82, 2.24) is 9.88 Å². The third-order valence-electron chi connectivity index (χ3n) is 4.93. The minimum atomic E-state index is -4.01. The van der Waals surface area contributed by atoms with Crippen LogP contribution in [0.4, 0.5) is 0 Å². The maximum atomic E-state index is 12.8. The van der Waals surface area contributed by atoms with E-state index >= 15 is 0 Å². The number of pyridine rings is 1. The van der Waals surface area contributed by atoms with Crippen LogP contribution in [-0.4, -0.2) is 70.6 Å². The number of hydrogen-bond acceptors (Lipinski definition) is 9. The first-order valence-corrected chi connectivity index (χ1v) is 10.0. The molecule has 2 aliphatic heterocycles. The molecule has 2 fully saturated rings. The molecule has 0 aliphatic carbocycles. The van der Waals surface area contributed by atoms with Crippen LogP contribution in [0.2, 0.25) is 0 Å². The lowest BCUT2D eigenvalue weighted by atomic mass is 9.95. The summed E-state index contributed by atoms with van der Waals surface area (Å²) in [5, 5.41) is 10.6. The monoisotopic (exact) mass is 423 g/mol. The SMILES string of the molecule is CC1(C)[C@H](C(=O)O)N2C(=O)C(=Cc3cc(C(=O)OCCN=O)ccn3)[C@H]2S1(=O)=O. The van der Waals surface area contributed by atoms with Gasteiger partial charge in [0.25, 0.3) is 5.91 Å². The number of carboxylic acid groups (broad SMARTS) is 1. The predicted octanol–water partition coefficient (Wildman–Crippen LogP) is 0.217. The Labute approximate surface area is 165 Å². The molecule has 3 heterocycles. The summed E-state index contributed by atoms with van der Waals surface area (Å²) in [5.41, 5.74) is 0.0899. The number of fused-ring (bicyclic) bond motifs is 1. The number of esters is 1. The molecule has 1 N–H and O–H groups in total. The maximum absolute atomic E-state index is 12.8. The van der Waals surface area contributed by atoms with Gasteiger partial charge in [0.05, 0.1) is 16.8 Å². The Balaban J connectivity index is 1.92. The maximum Gasteiger partial charge on any atom is 0.338 e. The van der Waals surface area contributed by atoms with Crippen molar-refractivity contribution in [3.63, 3.8) is 0 Å². The number of rotatable bonds is 6. The van der Waals surface area contributed by atoms with Crippen LogP contribution in [-0.2, 0) is 24.2 Å². The van der Waals surface area contributed by atoms with Crippen LogP contribution in [0.1, 0.15) is 29.9 Å². The van der Waals surface area contributed by atoms with Crippen molar-refractivity contribution in [2.45, 2.75) is 30.0 Å². The lowest BCUT2D eigenvalue weighted by Crippen LogP contribution is -2.58. The second kappa shape index (κ2) is 7.03. The predicted molar refractivity (Wildman–Crippen MR) is 98.2 cm³/mol. The number of carbonyl (C=O) groups is 3. The van der Waals surface area contributed by atoms with Crippen molar-refractivity contribution in [3.05, 3.63) is 40.1 Å². The highest BCUT2D eigenvalue weighted by Gasteiger charge is 2.70. The number of nitrogens with zero attached hydrogens (tertiary/aromatic N) is 3. The Morgan fingerprint density at radius 2 is 2.10 bits per heavy atom. The van der Waals surface area contributed by atoms with E-state index in [2.05, 4.69) is 10.2 Å². The van der Waals surface area contributed by atoms with E-state index in [1.165, 1.54) is 38.3 Å². The van der Waals surface area contributed by atoms with Gasteiger partial charge in [0, 0.05) is 6.20 Å². The number of hydrogen-bond donors (Lipinski definition) is 1. The first-order chi connectivity index (χ1) is 13.5. The molecule has 2 aliphatic rings. The van der Waals surface area contributed by atoms with Crippen molar-refractivity contribution in [3.8, 4) is 0 Å². The third kappa shape index (κ3) is 3.09. The Bertz CT molecular complexity index is 1050. The summed E-state index contributed by atoms with van der Waals surface area (Å²) in [5.74, 6) is -2.86. The van der Waals surface area contributed by atoms with E-state index in [4.69, 9.17) is 4.74 Å². The zero-order valence-corrected chi connectivity index (χ0v) is 16.2. The quantitative estimate of drug-likeness (QED) is 0.222. The van der Waals surface area contributed by atoms with Gasteiger partial charge in [-0.2, -0.15) is 4.91 Å². The summed E-state index contributed by atoms with van der Waals surface area (Å²) < 4.78 is 28.8. The van der Waals surface area contributed by atoms with Crippen LogP contribution >= 0.6 is 0 Å². The van der Waals surface area contributed by atoms with Gasteiger partial charge in [0.15, 0.2) is 21.3 Å². The smallest absolute Gasteiger partial charge is 0.338 e. The van der Waals surface area contributed by atoms with Crippen molar-refractivity contribution in [1.29, 1.82) is 0 Å². The summed E-state index contributed by atoms with van der Waals surface area (Å²) in [4.78, 5) is 50.9. The lowest BCUT2D eigenvalue weighted by molar-refractivity contribution is -0.152. The normalized spacial score (nSPS) is 25.2. The molecule has 0 saturated carbocycles. The first kappa shape index (κ1) is 20.6. The molecule has 0 spiro atoms. The summed E-state index contributed by atoms with van der Waals surface area (Å²) >= 11 is 0. The molecule has 1 amide bonds. The Morgan fingerprint density at radius 1 is 1.41 bits per heavy atom. The number of aromatic nitrogens is 1. The average Bonchev–Trinajstić information content (AvgIpc) is 2.80. The zero-order valence-electron chi connectivity index (χ0n) is 15.4. The minimum Gasteiger partial charge on any atom is -0.480 e. The van der Waals surface area contributed by atoms with Crippen LogP contribution in [0.25, 0.3) is 6.08 Å². The van der Waals surface area contributed by atoms with Gasteiger partial charge in [0.2, 0.25) is 0 Å². The highest BCUT2D eigenvalue weighted by molar-refractivity contribution is 7.94. The number of carbonyl (C=O) groups excluding carboxylic acids is 2. The molecule has 1 aromatic heterocycles. The van der Waals surface area contributed by atoms with Crippen LogP contribution in [0.5, 0.6) is 0 Å². The molecule has 2 atom stereocenters. The first-order valence-electron chi connectivity index (χ1n) is 8.47. The van der Waals surface area contributed by atoms with Crippen LogP contribution in [0.3, 0.4) is 0 Å². The lowest BCUT2D eigenvalue weighted by Gasteiger charge is -2.37. The van der Waals surface area contributed by atoms with Crippen LogP contribution in [0.15, 0.2) is 29.1 Å². The molecule has 0 bridgehead atoms. The molecule has 0 aromatic carbocycles. The van der Waals surface area contributed by atoms with E-state index in [-0.39, 0.29) is 30.0 Å². The van der Waals surface area contributed by atoms with Crippen molar-refractivity contribution in [2.24, 2.45) is 5.18 Å². The highest BCUT2D eigenvalue weighted by Crippen LogP contribution is 2.48. The minimum absolute atomic E-state index is 0.0828. The van der Waals surface area contributed by atoms with Gasteiger partial charge >= 0.3 is 11.9 Å². The topological polar surface area (TPSA) is 160 Å². The fourth-order valence-electron chi connectivity index (χ4n) is 3.41. The van der Waals surface area contributed by atoms with E-state index in [9.17, 15) is 32.8 Å². The summed E-state index contributed by atoms with van der Waals surface area (Å²) in [6.45, 7) is 2.15. The second-order valence-electron chi connectivity index (χ2n) is 7.01. The molecule has 1 aromatic rings. The van der Waals surface area contributed by atoms with Gasteiger partial charge in [-0.3, -0.25) is 9.78 Å². The number of amides is 1. The number of nitroso groups, excluding NO2 is 1. The van der Waals surface area contributed by atoms with Gasteiger partial charge in [-0.05, 0) is 32.1 Å². The number of sulfone groups is 1. The van der Waals surface area contributed by atoms with E-state index in [0.717, 1.165) is 4.90 Å². The average molecular weight is 423 g/mol. The summed E-state index contributed by atoms with van der Waals surface area (Å²) in [6.07, 6.45) is 2.49. The molecule has 29 heavy (non-hydrogen) atoms. The van der Waals surface area contributed by atoms with Gasteiger partial charge in [-0.1, -0.05) is 5.18 Å². The summed E-state index contributed by atoms with van der Waals surface area (Å²) in [6, 6.07) is 1.15. The van der Waals surface area contributed by atoms with Crippen molar-refractivity contribution >= 4 is 33.8 Å². The molecule has 3 rings (SSSR count). The summed E-state index contributed by atoms with van der Waals surface area (Å²) in [7, 11) is -4.01. The standard InChI is InChI=1S/C17H17N3O8S/c1-17(2)12(15(22)23)20-13(21)11(14(20)29(17,26)27)8-10-7-9(3-4-18-10)16(24)28-6-5-19-25/h3-4,7-8,12,14H,5-6H2,1-2H3,(H,22,23)/t12-,14+/m0/s1. The molecule has 12 heteroatoms. The molecule has 0 radical (unpaired) electrons. The molecule has 154 valence electrons. The fourth-order valence-corrected chi connectivity index (χ4v) is 5.53. The number of carboxylic acids is 1. The van der Waals surface area contributed by atoms with Crippen molar-refractivity contribution in [2.75, 3.05) is 13.2 Å². The van der Waals surface area contributed by atoms with Gasteiger partial charge in [-0.15, -0.1) is 0 Å². The molecular formula is C17H17N3O8S. The molecular weight excluding hydrogens is 406 g/mol. The van der Waals surface area contributed by atoms with Gasteiger partial charge in [-0.25, -0.2) is 18.0 Å². The Hall–Kier alpha value is -3.15. The zero-order chi connectivity index (χ0) is 21.6. The molecule has 11 nitrogen and oxygen atoms in total. The highest BCUT2D eigenvalue weighted by atomic mass is 32.2. The third-order valence-corrected chi connectivity index (χ3v) is 7.69. The fraction of sp³-hybridized carbons (Fsp3) is 0.412. The van der Waals surface area contributed by atoms with Crippen LogP contribution in [0, 0.1) is 4.91 Å². The van der Waals surface area contributed by atoms with Gasteiger partial charge in [0.1, 0.15) is 17.9 Å².